The Bertz CT molecular complexity index is 1770. The Morgan fingerprint density at radius 2 is 0.486 bits per heavy atom. The maximum absolute atomic E-state index is 13.1. The average molecular weight is 1560 g/mol. The Balaban J connectivity index is 3.44. The molecular weight excluding hydrogens is 1420 g/mol. The SMILES string of the molecule is COCCOCCOCCOCCOCCOCCOCCOCCOCCOCCOCCOCCOCCOCCOCCOCCOCCOCCOCCOCCOCCOCCOCCOCCNC(=O)C(CCCCNC(=O)OC(C)(C)C)NC(=O)CCOCCOCCOCCOCCN. The molecule has 0 aromatic carbocycles. The number of carbonyl (C=O) groups is 3. The molecule has 1 atom stereocenters. The van der Waals surface area contributed by atoms with Crippen molar-refractivity contribution in [3.8, 4) is 0 Å². The van der Waals surface area contributed by atoms with E-state index in [-0.39, 0.29) is 38.0 Å². The largest absolute Gasteiger partial charge is 0.444 e. The first-order chi connectivity index (χ1) is 52.7. The zero-order valence-electron chi connectivity index (χ0n) is 65.6. The number of hydrogen-bond donors (Lipinski definition) is 4. The normalized spacial score (nSPS) is 12.0. The summed E-state index contributed by atoms with van der Waals surface area (Å²) in [5, 5.41) is 8.35. The minimum atomic E-state index is -0.779. The van der Waals surface area contributed by atoms with Crippen molar-refractivity contribution in [2.45, 2.75) is 58.1 Å². The van der Waals surface area contributed by atoms with E-state index >= 15 is 0 Å². The summed E-state index contributed by atoms with van der Waals surface area (Å²) in [7, 11) is 1.64. The van der Waals surface area contributed by atoms with Crippen molar-refractivity contribution < 1.29 is 152 Å². The molecule has 0 bridgehead atoms. The van der Waals surface area contributed by atoms with Crippen LogP contribution >= 0.6 is 0 Å². The summed E-state index contributed by atoms with van der Waals surface area (Å²) in [6.07, 6.45) is 1.07. The van der Waals surface area contributed by atoms with Crippen LogP contribution in [0.5, 0.6) is 0 Å². The molecule has 0 aromatic heterocycles. The van der Waals surface area contributed by atoms with E-state index in [1.54, 1.807) is 27.9 Å². The van der Waals surface area contributed by atoms with Crippen LogP contribution < -0.4 is 21.7 Å². The molecular formula is C71H142N4O32. The third-order valence-corrected chi connectivity index (χ3v) is 13.3. The van der Waals surface area contributed by atoms with E-state index in [9.17, 15) is 14.4 Å². The molecule has 0 spiro atoms. The fraction of sp³-hybridized carbons (Fsp3) is 0.958. The highest BCUT2D eigenvalue weighted by Crippen LogP contribution is 2.07. The minimum Gasteiger partial charge on any atom is -0.444 e. The quantitative estimate of drug-likeness (QED) is 0.0610. The van der Waals surface area contributed by atoms with E-state index in [1.807, 2.05) is 0 Å². The van der Waals surface area contributed by atoms with Gasteiger partial charge in [-0.25, -0.2) is 4.79 Å². The van der Waals surface area contributed by atoms with E-state index in [2.05, 4.69) is 16.0 Å². The number of nitrogens with two attached hydrogens (primary N) is 1. The lowest BCUT2D eigenvalue weighted by Crippen LogP contribution is -2.47. The number of rotatable bonds is 93. The van der Waals surface area contributed by atoms with E-state index < -0.39 is 17.7 Å². The van der Waals surface area contributed by atoms with Gasteiger partial charge >= 0.3 is 6.09 Å². The van der Waals surface area contributed by atoms with Gasteiger partial charge in [-0.1, -0.05) is 0 Å². The molecule has 0 fully saturated rings. The molecule has 0 rings (SSSR count). The number of amides is 3. The lowest BCUT2D eigenvalue weighted by Gasteiger charge is -2.20. The average Bonchev–Trinajstić information content (AvgIpc) is 0.950. The molecule has 1 unspecified atom stereocenters. The molecule has 36 nitrogen and oxygen atoms in total. The predicted molar refractivity (Wildman–Crippen MR) is 391 cm³/mol. The number of carbonyl (C=O) groups excluding carboxylic acids is 3. The van der Waals surface area contributed by atoms with Crippen molar-refractivity contribution in [1.82, 2.24) is 16.0 Å². The van der Waals surface area contributed by atoms with Crippen molar-refractivity contribution in [2.24, 2.45) is 5.73 Å². The van der Waals surface area contributed by atoms with Crippen molar-refractivity contribution in [3.05, 3.63) is 0 Å². The number of hydrogen-bond acceptors (Lipinski definition) is 33. The maximum atomic E-state index is 13.1. The second kappa shape index (κ2) is 90.2. The van der Waals surface area contributed by atoms with Gasteiger partial charge < -0.3 is 159 Å². The topological polar surface area (TPSA) is 381 Å². The van der Waals surface area contributed by atoms with Crippen LogP contribution in [-0.2, 0) is 147 Å². The Hall–Kier alpha value is -2.95. The third kappa shape index (κ3) is 91.8. The van der Waals surface area contributed by atoms with Gasteiger partial charge in [-0.3, -0.25) is 9.59 Å². The van der Waals surface area contributed by atoms with Crippen molar-refractivity contribution in [1.29, 1.82) is 0 Å². The van der Waals surface area contributed by atoms with E-state index in [0.29, 0.717) is 383 Å². The van der Waals surface area contributed by atoms with Crippen molar-refractivity contribution >= 4 is 17.9 Å². The number of nitrogens with one attached hydrogen (secondary N) is 3. The lowest BCUT2D eigenvalue weighted by molar-refractivity contribution is -0.130. The number of methoxy groups -OCH3 is 1. The molecule has 0 aliphatic rings. The molecule has 0 saturated carbocycles. The first-order valence-electron chi connectivity index (χ1n) is 38.0. The molecule has 107 heavy (non-hydrogen) atoms. The van der Waals surface area contributed by atoms with Gasteiger partial charge in [-0.05, 0) is 40.0 Å². The van der Waals surface area contributed by atoms with Crippen LogP contribution in [0.3, 0.4) is 0 Å². The van der Waals surface area contributed by atoms with Crippen LogP contribution in [0.1, 0.15) is 46.5 Å². The van der Waals surface area contributed by atoms with Gasteiger partial charge in [0.05, 0.1) is 363 Å². The summed E-state index contributed by atoms with van der Waals surface area (Å²) in [5.74, 6) is -0.657. The Morgan fingerprint density at radius 1 is 0.271 bits per heavy atom. The number of ether oxygens (including phenoxy) is 29. The Morgan fingerprint density at radius 3 is 0.710 bits per heavy atom. The molecule has 0 aliphatic heterocycles. The highest BCUT2D eigenvalue weighted by Gasteiger charge is 2.21. The highest BCUT2D eigenvalue weighted by atomic mass is 16.6. The summed E-state index contributed by atoms with van der Waals surface area (Å²) >= 11 is 0. The van der Waals surface area contributed by atoms with Gasteiger partial charge in [-0.15, -0.1) is 0 Å². The zero-order valence-corrected chi connectivity index (χ0v) is 65.6. The van der Waals surface area contributed by atoms with E-state index in [1.165, 1.54) is 0 Å². The molecule has 0 radical (unpaired) electrons. The molecule has 0 aromatic rings. The Labute approximate surface area is 637 Å². The van der Waals surface area contributed by atoms with Crippen LogP contribution in [0.25, 0.3) is 0 Å². The lowest BCUT2D eigenvalue weighted by atomic mass is 10.1. The van der Waals surface area contributed by atoms with Gasteiger partial charge in [0.2, 0.25) is 11.8 Å². The minimum absolute atomic E-state index is 0.0692. The van der Waals surface area contributed by atoms with Crippen LogP contribution in [0, 0.1) is 0 Å². The molecule has 0 heterocycles. The zero-order chi connectivity index (χ0) is 77.3. The van der Waals surface area contributed by atoms with Gasteiger partial charge in [0.15, 0.2) is 0 Å². The van der Waals surface area contributed by atoms with Gasteiger partial charge in [0.25, 0.3) is 0 Å². The summed E-state index contributed by atoms with van der Waals surface area (Å²) in [4.78, 5) is 37.9. The number of alkyl carbamates (subject to hydrolysis) is 1. The first-order valence-corrected chi connectivity index (χ1v) is 38.0. The van der Waals surface area contributed by atoms with Crippen LogP contribution in [-0.4, -0.2) is 420 Å². The van der Waals surface area contributed by atoms with Crippen LogP contribution in [0.4, 0.5) is 4.79 Å². The van der Waals surface area contributed by atoms with Gasteiger partial charge in [0.1, 0.15) is 11.6 Å². The van der Waals surface area contributed by atoms with E-state index in [4.69, 9.17) is 143 Å². The molecule has 0 saturated heterocycles. The Kier molecular flexibility index (Phi) is 87.8. The predicted octanol–water partition coefficient (Wildman–Crippen LogP) is 0.726. The first kappa shape index (κ1) is 104. The fourth-order valence-electron chi connectivity index (χ4n) is 7.98. The fourth-order valence-corrected chi connectivity index (χ4v) is 7.98. The third-order valence-electron chi connectivity index (χ3n) is 13.3. The van der Waals surface area contributed by atoms with Crippen molar-refractivity contribution in [2.75, 3.05) is 390 Å². The van der Waals surface area contributed by atoms with Crippen molar-refractivity contribution in [3.63, 3.8) is 0 Å². The second-order valence-corrected chi connectivity index (χ2v) is 23.4. The molecule has 5 N–H and O–H groups in total. The summed E-state index contributed by atoms with van der Waals surface area (Å²) in [5.41, 5.74) is 4.77. The molecule has 638 valence electrons. The molecule has 36 heteroatoms. The molecule has 3 amide bonds. The van der Waals surface area contributed by atoms with Crippen LogP contribution in [0.15, 0.2) is 0 Å². The second-order valence-electron chi connectivity index (χ2n) is 23.4. The number of unbranched alkanes of at least 4 members (excludes halogenated alkanes) is 1. The molecule has 0 aliphatic carbocycles. The smallest absolute Gasteiger partial charge is 0.407 e. The summed E-state index contributed by atoms with van der Waals surface area (Å²) in [6, 6.07) is -0.779. The van der Waals surface area contributed by atoms with Crippen LogP contribution in [0.2, 0.25) is 0 Å². The van der Waals surface area contributed by atoms with Gasteiger partial charge in [0, 0.05) is 33.2 Å². The monoisotopic (exact) mass is 1560 g/mol. The maximum Gasteiger partial charge on any atom is 0.407 e. The highest BCUT2D eigenvalue weighted by molar-refractivity contribution is 5.87. The van der Waals surface area contributed by atoms with Gasteiger partial charge in [-0.2, -0.15) is 0 Å². The standard InChI is InChI=1S/C71H142N4O32/c1-71(2,3)107-70(78)74-10-6-5-7-67(75-68(76)8-12-80-17-20-84-25-26-85-21-18-81-13-9-72)69(77)73-11-14-82-19-22-86-27-28-88-31-32-90-35-36-92-39-40-94-43-44-96-47-48-98-51-52-100-55-56-102-59-60-104-63-64-106-66-65-105-62-61-103-58-57-101-54-53-99-50-49-97-46-45-95-42-41-93-38-37-91-34-33-89-30-29-87-24-23-83-16-15-79-4/h67H,5-66,72H2,1-4H3,(H,73,77)(H,74,78)(H,75,76). The summed E-state index contributed by atoms with van der Waals surface area (Å²) in [6.45, 7) is 31.5. The summed E-state index contributed by atoms with van der Waals surface area (Å²) < 4.78 is 159. The van der Waals surface area contributed by atoms with E-state index in [0.717, 1.165) is 0 Å².